The first-order chi connectivity index (χ1) is 15.7. The van der Waals surface area contributed by atoms with Crippen molar-refractivity contribution in [2.24, 2.45) is 0 Å². The molecule has 7 heteroatoms. The third-order valence-corrected chi connectivity index (χ3v) is 5.63. The van der Waals surface area contributed by atoms with Crippen LogP contribution in [-0.4, -0.2) is 30.2 Å². The first-order valence-corrected chi connectivity index (χ1v) is 11.7. The van der Waals surface area contributed by atoms with E-state index in [9.17, 15) is 0 Å². The Morgan fingerprint density at radius 1 is 1.00 bits per heavy atom. The summed E-state index contributed by atoms with van der Waals surface area (Å²) in [5.41, 5.74) is 5.40. The lowest BCUT2D eigenvalue weighted by atomic mass is 9.98. The Bertz CT molecular complexity index is 1100. The molecular weight excluding hydrogens is 420 g/mol. The van der Waals surface area contributed by atoms with E-state index in [1.807, 2.05) is 32.0 Å². The first kappa shape index (κ1) is 23.7. The largest absolute Gasteiger partial charge is 0.326 e. The number of H-pyrrole nitrogens is 1. The minimum atomic E-state index is 0.585. The second-order valence-electron chi connectivity index (χ2n) is 7.28. The lowest BCUT2D eigenvalue weighted by Crippen LogP contribution is -2.10. The zero-order valence-corrected chi connectivity index (χ0v) is 20.0. The summed E-state index contributed by atoms with van der Waals surface area (Å²) in [6.07, 6.45) is 3.94. The molecule has 0 unspecified atom stereocenters. The molecule has 1 N–H and O–H groups in total. The van der Waals surface area contributed by atoms with Crippen molar-refractivity contribution in [1.82, 2.24) is 30.2 Å². The molecule has 6 nitrogen and oxygen atoms in total. The van der Waals surface area contributed by atoms with E-state index in [-0.39, 0.29) is 0 Å². The van der Waals surface area contributed by atoms with Crippen molar-refractivity contribution in [3.8, 4) is 22.5 Å². The van der Waals surface area contributed by atoms with Crippen molar-refractivity contribution in [2.45, 2.75) is 59.9 Å². The minimum absolute atomic E-state index is 0.585. The smallest absolute Gasteiger partial charge is 0.205 e. The Labute approximate surface area is 195 Å². The van der Waals surface area contributed by atoms with Crippen LogP contribution >= 0.6 is 11.6 Å². The second kappa shape index (κ2) is 11.6. The number of aryl methyl sites for hydroxylation is 1. The molecule has 4 aromatic rings. The van der Waals surface area contributed by atoms with Crippen LogP contribution in [-0.2, 0) is 19.4 Å². The SMILES string of the molecule is CC.CCCCc1nc(Cl)c(CC)n1Cc1ccc(-c2ccccc2)cc1-c1nn[nH]n1. The standard InChI is InChI=1S/C23H25ClN6.C2H6/c1-3-5-11-21-25-22(24)20(4-2)30(21)15-18-13-12-17(16-9-7-6-8-10-16)14-19(18)23-26-28-29-27-23;1-2/h6-10,12-14H,3-5,11,15H2,1-2H3,(H,26,27,28,29);1-2H3. The fourth-order valence-electron chi connectivity index (χ4n) is 3.73. The van der Waals surface area contributed by atoms with Gasteiger partial charge in [-0.1, -0.05) is 88.2 Å². The molecule has 0 aliphatic heterocycles. The van der Waals surface area contributed by atoms with Crippen LogP contribution in [0.2, 0.25) is 5.15 Å². The van der Waals surface area contributed by atoms with Crippen molar-refractivity contribution < 1.29 is 0 Å². The van der Waals surface area contributed by atoms with Crippen LogP contribution in [0.1, 0.15) is 57.6 Å². The average Bonchev–Trinajstić information content (AvgIpc) is 3.48. The summed E-state index contributed by atoms with van der Waals surface area (Å²) in [4.78, 5) is 4.65. The van der Waals surface area contributed by atoms with Gasteiger partial charge in [-0.15, -0.1) is 10.2 Å². The molecule has 2 aromatic carbocycles. The van der Waals surface area contributed by atoms with E-state index in [1.165, 1.54) is 0 Å². The summed E-state index contributed by atoms with van der Waals surface area (Å²) in [6, 6.07) is 16.7. The molecule has 4 rings (SSSR count). The van der Waals surface area contributed by atoms with Gasteiger partial charge in [0, 0.05) is 18.5 Å². The maximum Gasteiger partial charge on any atom is 0.205 e. The van der Waals surface area contributed by atoms with Gasteiger partial charge in [-0.2, -0.15) is 5.21 Å². The molecule has 0 atom stereocenters. The second-order valence-corrected chi connectivity index (χ2v) is 7.64. The molecule has 2 aromatic heterocycles. The Hall–Kier alpha value is -2.99. The summed E-state index contributed by atoms with van der Waals surface area (Å²) in [7, 11) is 0. The number of aromatic nitrogens is 6. The molecule has 0 aliphatic carbocycles. The number of hydrogen-bond donors (Lipinski definition) is 1. The topological polar surface area (TPSA) is 72.3 Å². The Balaban J connectivity index is 0.00000141. The Morgan fingerprint density at radius 3 is 2.44 bits per heavy atom. The van der Waals surface area contributed by atoms with Gasteiger partial charge in [-0.25, -0.2) is 4.98 Å². The first-order valence-electron chi connectivity index (χ1n) is 11.4. The number of rotatable bonds is 8. The molecule has 32 heavy (non-hydrogen) atoms. The van der Waals surface area contributed by atoms with Gasteiger partial charge in [0.1, 0.15) is 5.82 Å². The van der Waals surface area contributed by atoms with E-state index in [1.54, 1.807) is 0 Å². The summed E-state index contributed by atoms with van der Waals surface area (Å²) in [6.45, 7) is 8.97. The van der Waals surface area contributed by atoms with Gasteiger partial charge in [0.25, 0.3) is 0 Å². The normalized spacial score (nSPS) is 10.7. The lowest BCUT2D eigenvalue weighted by molar-refractivity contribution is 0.658. The maximum atomic E-state index is 6.47. The van der Waals surface area contributed by atoms with Crippen molar-refractivity contribution in [3.63, 3.8) is 0 Å². The molecule has 0 aliphatic rings. The fraction of sp³-hybridized carbons (Fsp3) is 0.360. The predicted molar refractivity (Wildman–Crippen MR) is 131 cm³/mol. The van der Waals surface area contributed by atoms with Crippen LogP contribution in [0.3, 0.4) is 0 Å². The highest BCUT2D eigenvalue weighted by molar-refractivity contribution is 6.30. The quantitative estimate of drug-likeness (QED) is 0.339. The molecule has 0 saturated carbocycles. The Morgan fingerprint density at radius 2 is 1.78 bits per heavy atom. The van der Waals surface area contributed by atoms with Gasteiger partial charge < -0.3 is 4.57 Å². The van der Waals surface area contributed by atoms with Crippen molar-refractivity contribution in [1.29, 1.82) is 0 Å². The van der Waals surface area contributed by atoms with Crippen LogP contribution in [0.5, 0.6) is 0 Å². The molecule has 2 heterocycles. The zero-order valence-electron chi connectivity index (χ0n) is 19.3. The molecule has 0 radical (unpaired) electrons. The predicted octanol–water partition coefficient (Wildman–Crippen LogP) is 6.36. The van der Waals surface area contributed by atoms with Crippen LogP contribution in [0.25, 0.3) is 22.5 Å². The number of unbranched alkanes of at least 4 members (excludes halogenated alkanes) is 1. The number of imidazole rings is 1. The van der Waals surface area contributed by atoms with Gasteiger partial charge in [0.15, 0.2) is 5.15 Å². The summed E-state index contributed by atoms with van der Waals surface area (Å²) >= 11 is 6.47. The zero-order chi connectivity index (χ0) is 22.9. The van der Waals surface area contributed by atoms with Crippen LogP contribution < -0.4 is 0 Å². The monoisotopic (exact) mass is 450 g/mol. The van der Waals surface area contributed by atoms with Crippen molar-refractivity contribution in [3.05, 3.63) is 70.8 Å². The summed E-state index contributed by atoms with van der Waals surface area (Å²) in [5, 5.41) is 15.4. The highest BCUT2D eigenvalue weighted by Gasteiger charge is 2.18. The van der Waals surface area contributed by atoms with Gasteiger partial charge >= 0.3 is 0 Å². The maximum absolute atomic E-state index is 6.47. The highest BCUT2D eigenvalue weighted by Crippen LogP contribution is 2.30. The van der Waals surface area contributed by atoms with Gasteiger partial charge in [-0.05, 0) is 40.8 Å². The molecule has 0 saturated heterocycles. The highest BCUT2D eigenvalue weighted by atomic mass is 35.5. The van der Waals surface area contributed by atoms with E-state index in [2.05, 4.69) is 74.4 Å². The van der Waals surface area contributed by atoms with E-state index < -0.39 is 0 Å². The molecule has 0 fully saturated rings. The van der Waals surface area contributed by atoms with Gasteiger partial charge in [0.05, 0.1) is 5.69 Å². The lowest BCUT2D eigenvalue weighted by Gasteiger charge is -2.15. The van der Waals surface area contributed by atoms with Crippen LogP contribution in [0.4, 0.5) is 0 Å². The van der Waals surface area contributed by atoms with E-state index >= 15 is 0 Å². The third-order valence-electron chi connectivity index (χ3n) is 5.32. The number of hydrogen-bond acceptors (Lipinski definition) is 4. The number of aromatic amines is 1. The number of tetrazole rings is 1. The molecule has 0 spiro atoms. The molecule has 0 amide bonds. The minimum Gasteiger partial charge on any atom is -0.326 e. The van der Waals surface area contributed by atoms with E-state index in [4.69, 9.17) is 11.6 Å². The average molecular weight is 451 g/mol. The Kier molecular flexibility index (Phi) is 8.56. The van der Waals surface area contributed by atoms with E-state index in [0.29, 0.717) is 17.5 Å². The van der Waals surface area contributed by atoms with Crippen LogP contribution in [0, 0.1) is 0 Å². The van der Waals surface area contributed by atoms with Gasteiger partial charge in [-0.3, -0.25) is 0 Å². The molecule has 168 valence electrons. The van der Waals surface area contributed by atoms with Gasteiger partial charge in [0.2, 0.25) is 5.82 Å². The molecule has 0 bridgehead atoms. The number of benzene rings is 2. The summed E-state index contributed by atoms with van der Waals surface area (Å²) < 4.78 is 2.25. The molecular formula is C25H31ClN6. The third kappa shape index (κ3) is 5.25. The summed E-state index contributed by atoms with van der Waals surface area (Å²) in [5.74, 6) is 1.62. The number of nitrogens with zero attached hydrogens (tertiary/aromatic N) is 5. The number of nitrogens with one attached hydrogen (secondary N) is 1. The number of halogens is 1. The van der Waals surface area contributed by atoms with Crippen molar-refractivity contribution in [2.75, 3.05) is 0 Å². The fourth-order valence-corrected chi connectivity index (χ4v) is 4.07. The van der Waals surface area contributed by atoms with Crippen molar-refractivity contribution >= 4 is 11.6 Å². The van der Waals surface area contributed by atoms with Crippen LogP contribution in [0.15, 0.2) is 48.5 Å². The van der Waals surface area contributed by atoms with E-state index in [0.717, 1.165) is 59.5 Å².